The van der Waals surface area contributed by atoms with E-state index in [0.29, 0.717) is 4.88 Å². The Labute approximate surface area is 129 Å². The molecule has 0 saturated heterocycles. The van der Waals surface area contributed by atoms with Gasteiger partial charge in [-0.1, -0.05) is 38.9 Å². The molecule has 1 aromatic rings. The van der Waals surface area contributed by atoms with Gasteiger partial charge in [-0.3, -0.25) is 0 Å². The summed E-state index contributed by atoms with van der Waals surface area (Å²) in [6, 6.07) is 3.21. The van der Waals surface area contributed by atoms with Gasteiger partial charge >= 0.3 is 0 Å². The van der Waals surface area contributed by atoms with Crippen LogP contribution in [0.4, 0.5) is 0 Å². The molecule has 1 heterocycles. The van der Waals surface area contributed by atoms with E-state index in [1.807, 2.05) is 0 Å². The van der Waals surface area contributed by atoms with Crippen LogP contribution in [0.15, 0.2) is 16.3 Å². The summed E-state index contributed by atoms with van der Waals surface area (Å²) in [4.78, 5) is 0.859. The van der Waals surface area contributed by atoms with Crippen LogP contribution in [-0.4, -0.2) is 19.4 Å². The van der Waals surface area contributed by atoms with Crippen molar-refractivity contribution in [2.45, 2.75) is 49.8 Å². The zero-order chi connectivity index (χ0) is 15.0. The lowest BCUT2D eigenvalue weighted by molar-refractivity contribution is 0.188. The maximum atomic E-state index is 12.4. The van der Waals surface area contributed by atoms with E-state index in [4.69, 9.17) is 18.0 Å². The molecular weight excluding hydrogens is 312 g/mol. The Bertz CT molecular complexity index is 605. The fourth-order valence-electron chi connectivity index (χ4n) is 2.55. The van der Waals surface area contributed by atoms with Crippen molar-refractivity contribution in [3.63, 3.8) is 0 Å². The first-order chi connectivity index (χ1) is 9.22. The molecule has 20 heavy (non-hydrogen) atoms. The van der Waals surface area contributed by atoms with Crippen molar-refractivity contribution in [3.8, 4) is 0 Å². The molecule has 0 spiro atoms. The highest BCUT2D eigenvalue weighted by Gasteiger charge is 2.35. The summed E-state index contributed by atoms with van der Waals surface area (Å²) in [5.41, 5.74) is 5.52. The lowest BCUT2D eigenvalue weighted by atomic mass is 9.74. The molecule has 7 heteroatoms. The van der Waals surface area contributed by atoms with E-state index in [1.165, 1.54) is 0 Å². The van der Waals surface area contributed by atoms with Gasteiger partial charge in [-0.15, -0.1) is 11.3 Å². The second kappa shape index (κ2) is 5.71. The number of thiophene rings is 1. The predicted molar refractivity (Wildman–Crippen MR) is 86.6 cm³/mol. The van der Waals surface area contributed by atoms with E-state index >= 15 is 0 Å². The van der Waals surface area contributed by atoms with Gasteiger partial charge in [0.2, 0.25) is 10.0 Å². The van der Waals surface area contributed by atoms with Crippen molar-refractivity contribution in [1.29, 1.82) is 0 Å². The molecule has 1 fully saturated rings. The molecule has 1 aliphatic rings. The van der Waals surface area contributed by atoms with E-state index < -0.39 is 10.0 Å². The average molecular weight is 333 g/mol. The fraction of sp³-hybridized carbons (Fsp3) is 0.615. The molecule has 0 aromatic carbocycles. The van der Waals surface area contributed by atoms with Gasteiger partial charge in [0.15, 0.2) is 0 Å². The molecule has 0 amide bonds. The Balaban J connectivity index is 2.20. The monoisotopic (exact) mass is 332 g/mol. The molecule has 1 saturated carbocycles. The van der Waals surface area contributed by atoms with Gasteiger partial charge in [-0.05, 0) is 30.4 Å². The van der Waals surface area contributed by atoms with Crippen molar-refractivity contribution >= 4 is 38.6 Å². The SMILES string of the molecule is CC1(C)CCCCC1NS(=O)(=O)c1ccc(C(N)=S)s1. The van der Waals surface area contributed by atoms with E-state index in [9.17, 15) is 8.42 Å². The number of thiocarbonyl (C=S) groups is 1. The smallest absolute Gasteiger partial charge is 0.250 e. The zero-order valence-electron chi connectivity index (χ0n) is 11.7. The molecule has 1 unspecified atom stereocenters. The summed E-state index contributed by atoms with van der Waals surface area (Å²) in [5, 5.41) is 0. The van der Waals surface area contributed by atoms with Gasteiger partial charge in [-0.2, -0.15) is 0 Å². The van der Waals surface area contributed by atoms with Crippen molar-refractivity contribution < 1.29 is 8.42 Å². The van der Waals surface area contributed by atoms with Gasteiger partial charge < -0.3 is 5.73 Å². The second-order valence-electron chi connectivity index (χ2n) is 5.89. The normalized spacial score (nSPS) is 22.6. The van der Waals surface area contributed by atoms with E-state index in [1.54, 1.807) is 12.1 Å². The topological polar surface area (TPSA) is 72.2 Å². The quantitative estimate of drug-likeness (QED) is 0.832. The Kier molecular flexibility index (Phi) is 4.53. The molecule has 4 nitrogen and oxygen atoms in total. The number of nitrogens with two attached hydrogens (primary N) is 1. The number of hydrogen-bond donors (Lipinski definition) is 2. The van der Waals surface area contributed by atoms with Crippen LogP contribution in [0.1, 0.15) is 44.4 Å². The van der Waals surface area contributed by atoms with Gasteiger partial charge in [0, 0.05) is 6.04 Å². The van der Waals surface area contributed by atoms with Crippen molar-refractivity contribution in [2.24, 2.45) is 11.1 Å². The van der Waals surface area contributed by atoms with Crippen molar-refractivity contribution in [2.75, 3.05) is 0 Å². The third-order valence-electron chi connectivity index (χ3n) is 3.89. The highest BCUT2D eigenvalue weighted by molar-refractivity contribution is 7.91. The summed E-state index contributed by atoms with van der Waals surface area (Å²) in [5.74, 6) is 0. The Morgan fingerprint density at radius 3 is 2.70 bits per heavy atom. The van der Waals surface area contributed by atoms with E-state index in [-0.39, 0.29) is 20.7 Å². The summed E-state index contributed by atoms with van der Waals surface area (Å²) < 4.78 is 28.0. The molecule has 112 valence electrons. The first-order valence-electron chi connectivity index (χ1n) is 6.64. The summed E-state index contributed by atoms with van der Waals surface area (Å²) >= 11 is 5.99. The minimum absolute atomic E-state index is 0.00538. The highest BCUT2D eigenvalue weighted by Crippen LogP contribution is 2.36. The third kappa shape index (κ3) is 3.39. The predicted octanol–water partition coefficient (Wildman–Crippen LogP) is 2.63. The molecule has 1 aliphatic carbocycles. The molecule has 0 aliphatic heterocycles. The van der Waals surface area contributed by atoms with Crippen LogP contribution in [0.5, 0.6) is 0 Å². The Morgan fingerprint density at radius 1 is 1.45 bits per heavy atom. The van der Waals surface area contributed by atoms with Crippen LogP contribution in [0, 0.1) is 5.41 Å². The van der Waals surface area contributed by atoms with Crippen LogP contribution < -0.4 is 10.5 Å². The second-order valence-corrected chi connectivity index (χ2v) is 9.36. The molecule has 0 radical (unpaired) electrons. The molecule has 1 atom stereocenters. The molecule has 2 rings (SSSR count). The zero-order valence-corrected chi connectivity index (χ0v) is 14.1. The van der Waals surface area contributed by atoms with E-state index in [2.05, 4.69) is 18.6 Å². The summed E-state index contributed by atoms with van der Waals surface area (Å²) in [6.45, 7) is 4.24. The first kappa shape index (κ1) is 15.9. The minimum Gasteiger partial charge on any atom is -0.389 e. The fourth-order valence-corrected chi connectivity index (χ4v) is 5.36. The number of nitrogens with one attached hydrogen (secondary N) is 1. The third-order valence-corrected chi connectivity index (χ3v) is 7.32. The van der Waals surface area contributed by atoms with Crippen molar-refractivity contribution in [3.05, 3.63) is 17.0 Å². The highest BCUT2D eigenvalue weighted by atomic mass is 32.2. The summed E-state index contributed by atoms with van der Waals surface area (Å²) in [6.07, 6.45) is 4.16. The minimum atomic E-state index is -3.49. The lowest BCUT2D eigenvalue weighted by Crippen LogP contribution is -2.46. The van der Waals surface area contributed by atoms with Crippen LogP contribution in [0.2, 0.25) is 0 Å². The Morgan fingerprint density at radius 2 is 2.15 bits per heavy atom. The van der Waals surface area contributed by atoms with Gasteiger partial charge in [0.05, 0.1) is 4.88 Å². The van der Waals surface area contributed by atoms with E-state index in [0.717, 1.165) is 37.0 Å². The Hall–Kier alpha value is -0.500. The first-order valence-corrected chi connectivity index (χ1v) is 9.35. The lowest BCUT2D eigenvalue weighted by Gasteiger charge is -2.38. The van der Waals surface area contributed by atoms with Gasteiger partial charge in [0.25, 0.3) is 0 Å². The molecule has 3 N–H and O–H groups in total. The maximum absolute atomic E-state index is 12.4. The summed E-state index contributed by atoms with van der Waals surface area (Å²) in [7, 11) is -3.49. The van der Waals surface area contributed by atoms with Crippen LogP contribution in [0.3, 0.4) is 0 Å². The number of rotatable bonds is 4. The largest absolute Gasteiger partial charge is 0.389 e. The van der Waals surface area contributed by atoms with Crippen molar-refractivity contribution in [1.82, 2.24) is 4.72 Å². The van der Waals surface area contributed by atoms with Crippen LogP contribution in [0.25, 0.3) is 0 Å². The number of sulfonamides is 1. The molecule has 0 bridgehead atoms. The molecular formula is C13H20N2O2S3. The van der Waals surface area contributed by atoms with Gasteiger partial charge in [-0.25, -0.2) is 13.1 Å². The standard InChI is InChI=1S/C13H20N2O2S3/c1-13(2)8-4-3-5-10(13)15-20(16,17)11-7-6-9(19-11)12(14)18/h6-7,10,15H,3-5,8H2,1-2H3,(H2,14,18). The maximum Gasteiger partial charge on any atom is 0.250 e. The number of hydrogen-bond acceptors (Lipinski definition) is 4. The average Bonchev–Trinajstić information content (AvgIpc) is 2.82. The van der Waals surface area contributed by atoms with Gasteiger partial charge in [0.1, 0.15) is 9.20 Å². The molecule has 1 aromatic heterocycles. The van der Waals surface area contributed by atoms with Crippen LogP contribution in [-0.2, 0) is 10.0 Å². The van der Waals surface area contributed by atoms with Crippen LogP contribution >= 0.6 is 23.6 Å².